The molecule has 10 heteroatoms. The van der Waals surface area contributed by atoms with Crippen LogP contribution in [-0.2, 0) is 7.05 Å². The summed E-state index contributed by atoms with van der Waals surface area (Å²) in [5.41, 5.74) is 3.70. The van der Waals surface area contributed by atoms with Crippen molar-refractivity contribution in [3.63, 3.8) is 0 Å². The quantitative estimate of drug-likeness (QED) is 0.352. The fourth-order valence-electron chi connectivity index (χ4n) is 3.46. The largest absolute Gasteiger partial charge is 0.339 e. The van der Waals surface area contributed by atoms with Crippen molar-refractivity contribution in [2.24, 2.45) is 7.05 Å². The molecule has 0 aliphatic rings. The Morgan fingerprint density at radius 1 is 0.969 bits per heavy atom. The second kappa shape index (κ2) is 7.43. The van der Waals surface area contributed by atoms with E-state index in [1.165, 1.54) is 0 Å². The molecule has 32 heavy (non-hydrogen) atoms. The number of thiophene rings is 1. The highest BCUT2D eigenvalue weighted by Crippen LogP contribution is 2.31. The van der Waals surface area contributed by atoms with Gasteiger partial charge in [-0.15, -0.1) is 16.4 Å². The molecule has 4 heterocycles. The Bertz CT molecular complexity index is 1550. The summed E-state index contributed by atoms with van der Waals surface area (Å²) in [4.78, 5) is 14.0. The zero-order valence-corrected chi connectivity index (χ0v) is 17.8. The predicted molar refractivity (Wildman–Crippen MR) is 127 cm³/mol. The molecule has 0 amide bonds. The molecule has 0 radical (unpaired) electrons. The fourth-order valence-corrected chi connectivity index (χ4v) is 4.24. The Labute approximate surface area is 186 Å². The summed E-state index contributed by atoms with van der Waals surface area (Å²) in [5.74, 6) is 2.36. The SMILES string of the molecule is Cn1nc(-c2ccccc2)nc1Nc1nc(Nc2ccc3[nH]ncc3c2)c2sccc2n1. The van der Waals surface area contributed by atoms with Crippen LogP contribution in [0, 0.1) is 0 Å². The molecular weight excluding hydrogens is 422 g/mol. The van der Waals surface area contributed by atoms with Gasteiger partial charge >= 0.3 is 0 Å². The van der Waals surface area contributed by atoms with Crippen LogP contribution < -0.4 is 10.6 Å². The molecule has 3 N–H and O–H groups in total. The van der Waals surface area contributed by atoms with Gasteiger partial charge in [-0.3, -0.25) is 10.4 Å². The number of aromatic amines is 1. The van der Waals surface area contributed by atoms with Crippen LogP contribution in [0.4, 0.5) is 23.4 Å². The molecule has 2 aromatic carbocycles. The number of nitrogens with zero attached hydrogens (tertiary/aromatic N) is 6. The average Bonchev–Trinajstić information content (AvgIpc) is 3.54. The van der Waals surface area contributed by atoms with E-state index in [0.717, 1.165) is 38.2 Å². The first kappa shape index (κ1) is 18.5. The molecule has 0 spiro atoms. The number of hydrogen-bond acceptors (Lipinski definition) is 8. The normalized spacial score (nSPS) is 11.3. The lowest BCUT2D eigenvalue weighted by atomic mass is 10.2. The smallest absolute Gasteiger partial charge is 0.232 e. The van der Waals surface area contributed by atoms with Crippen molar-refractivity contribution in [3.8, 4) is 11.4 Å². The van der Waals surface area contributed by atoms with E-state index in [1.807, 2.05) is 67.0 Å². The van der Waals surface area contributed by atoms with Gasteiger partial charge in [-0.05, 0) is 29.6 Å². The number of benzene rings is 2. The molecule has 0 bridgehead atoms. The lowest BCUT2D eigenvalue weighted by Gasteiger charge is -2.09. The number of rotatable bonds is 5. The van der Waals surface area contributed by atoms with Gasteiger partial charge in [-0.25, -0.2) is 9.67 Å². The van der Waals surface area contributed by atoms with Gasteiger partial charge in [0.25, 0.3) is 0 Å². The molecule has 156 valence electrons. The van der Waals surface area contributed by atoms with Crippen LogP contribution in [0.25, 0.3) is 32.5 Å². The Balaban J connectivity index is 1.35. The number of fused-ring (bicyclic) bond motifs is 2. The standard InChI is InChI=1S/C22H17N9S/c1-31-22(27-19(30-31)13-5-3-2-4-6-13)28-21-25-17-9-10-32-18(17)20(26-21)24-15-7-8-16-14(11-15)12-23-29-16/h2-12H,1H3,(H,23,29)(H2,24,25,26,27,28,30). The Morgan fingerprint density at radius 3 is 2.78 bits per heavy atom. The number of aromatic nitrogens is 7. The molecule has 0 atom stereocenters. The highest BCUT2D eigenvalue weighted by molar-refractivity contribution is 7.17. The van der Waals surface area contributed by atoms with Gasteiger partial charge in [-0.1, -0.05) is 30.3 Å². The predicted octanol–water partition coefficient (Wildman–Crippen LogP) is 4.85. The minimum Gasteiger partial charge on any atom is -0.339 e. The number of anilines is 4. The average molecular weight is 440 g/mol. The summed E-state index contributed by atoms with van der Waals surface area (Å²) < 4.78 is 2.66. The summed E-state index contributed by atoms with van der Waals surface area (Å²) in [6, 6.07) is 17.8. The third-order valence-electron chi connectivity index (χ3n) is 5.03. The Morgan fingerprint density at radius 2 is 1.88 bits per heavy atom. The van der Waals surface area contributed by atoms with Crippen molar-refractivity contribution in [2.75, 3.05) is 10.6 Å². The minimum absolute atomic E-state index is 0.443. The molecule has 4 aromatic heterocycles. The van der Waals surface area contributed by atoms with Crippen molar-refractivity contribution < 1.29 is 0 Å². The van der Waals surface area contributed by atoms with Gasteiger partial charge in [-0.2, -0.15) is 15.1 Å². The van der Waals surface area contributed by atoms with Crippen LogP contribution in [0.2, 0.25) is 0 Å². The van der Waals surface area contributed by atoms with Crippen molar-refractivity contribution in [2.45, 2.75) is 0 Å². The molecule has 0 saturated heterocycles. The van der Waals surface area contributed by atoms with Crippen LogP contribution in [0.1, 0.15) is 0 Å². The minimum atomic E-state index is 0.443. The first-order valence-corrected chi connectivity index (χ1v) is 10.8. The van der Waals surface area contributed by atoms with Crippen molar-refractivity contribution in [3.05, 3.63) is 66.2 Å². The monoisotopic (exact) mass is 439 g/mol. The first-order valence-electron chi connectivity index (χ1n) is 9.92. The third kappa shape index (κ3) is 3.32. The third-order valence-corrected chi connectivity index (χ3v) is 5.94. The van der Waals surface area contributed by atoms with Crippen molar-refractivity contribution in [1.29, 1.82) is 0 Å². The topological polar surface area (TPSA) is 109 Å². The Hall–Kier alpha value is -4.31. The summed E-state index contributed by atoms with van der Waals surface area (Å²) in [5, 5.41) is 21.2. The maximum absolute atomic E-state index is 4.73. The van der Waals surface area contributed by atoms with Crippen LogP contribution in [0.5, 0.6) is 0 Å². The van der Waals surface area contributed by atoms with Gasteiger partial charge in [0.2, 0.25) is 11.9 Å². The second-order valence-corrected chi connectivity index (χ2v) is 8.12. The zero-order chi connectivity index (χ0) is 21.5. The summed E-state index contributed by atoms with van der Waals surface area (Å²) in [6.07, 6.45) is 1.80. The van der Waals surface area contributed by atoms with E-state index in [4.69, 9.17) is 4.98 Å². The maximum Gasteiger partial charge on any atom is 0.232 e. The molecule has 0 unspecified atom stereocenters. The van der Waals surface area contributed by atoms with Crippen molar-refractivity contribution in [1.82, 2.24) is 34.9 Å². The highest BCUT2D eigenvalue weighted by Gasteiger charge is 2.14. The van der Waals surface area contributed by atoms with Crippen LogP contribution in [0.3, 0.4) is 0 Å². The summed E-state index contributed by atoms with van der Waals surface area (Å²) >= 11 is 1.59. The molecule has 0 aliphatic heterocycles. The van der Waals surface area contributed by atoms with Gasteiger partial charge in [0.15, 0.2) is 11.6 Å². The lowest BCUT2D eigenvalue weighted by Crippen LogP contribution is -2.05. The molecular formula is C22H17N9S. The molecule has 0 fully saturated rings. The number of nitrogens with one attached hydrogen (secondary N) is 3. The maximum atomic E-state index is 4.73. The van der Waals surface area contributed by atoms with E-state index in [0.29, 0.717) is 17.7 Å². The van der Waals surface area contributed by atoms with E-state index in [2.05, 4.69) is 35.9 Å². The van der Waals surface area contributed by atoms with E-state index in [1.54, 1.807) is 22.2 Å². The first-order chi connectivity index (χ1) is 15.7. The van der Waals surface area contributed by atoms with Gasteiger partial charge in [0.1, 0.15) is 0 Å². The number of aryl methyl sites for hydroxylation is 1. The lowest BCUT2D eigenvalue weighted by molar-refractivity contribution is 0.777. The van der Waals surface area contributed by atoms with E-state index < -0.39 is 0 Å². The molecule has 6 rings (SSSR count). The zero-order valence-electron chi connectivity index (χ0n) is 16.9. The van der Waals surface area contributed by atoms with Gasteiger partial charge in [0.05, 0.1) is 21.9 Å². The fraction of sp³-hybridized carbons (Fsp3) is 0.0455. The Kier molecular flexibility index (Phi) is 4.29. The second-order valence-electron chi connectivity index (χ2n) is 7.20. The van der Waals surface area contributed by atoms with E-state index >= 15 is 0 Å². The number of hydrogen-bond donors (Lipinski definition) is 3. The van der Waals surface area contributed by atoms with Gasteiger partial charge in [0, 0.05) is 23.7 Å². The van der Waals surface area contributed by atoms with E-state index in [9.17, 15) is 0 Å². The molecule has 6 aromatic rings. The molecule has 9 nitrogen and oxygen atoms in total. The highest BCUT2D eigenvalue weighted by atomic mass is 32.1. The summed E-state index contributed by atoms with van der Waals surface area (Å²) in [7, 11) is 1.84. The van der Waals surface area contributed by atoms with Crippen LogP contribution in [-0.4, -0.2) is 34.9 Å². The summed E-state index contributed by atoms with van der Waals surface area (Å²) in [6.45, 7) is 0. The van der Waals surface area contributed by atoms with Crippen molar-refractivity contribution >= 4 is 55.9 Å². The molecule has 0 aliphatic carbocycles. The van der Waals surface area contributed by atoms with Crippen LogP contribution in [0.15, 0.2) is 66.2 Å². The van der Waals surface area contributed by atoms with Gasteiger partial charge < -0.3 is 5.32 Å². The molecule has 0 saturated carbocycles. The van der Waals surface area contributed by atoms with Crippen LogP contribution >= 0.6 is 11.3 Å². The number of H-pyrrole nitrogens is 1. The van der Waals surface area contributed by atoms with E-state index in [-0.39, 0.29) is 0 Å².